The third kappa shape index (κ3) is 4.52. The number of nitrogens with zero attached hydrogens (tertiary/aromatic N) is 1. The van der Waals surface area contributed by atoms with Gasteiger partial charge in [0.2, 0.25) is 5.91 Å². The second-order valence-electron chi connectivity index (χ2n) is 6.49. The Hall–Kier alpha value is -3.17. The summed E-state index contributed by atoms with van der Waals surface area (Å²) in [7, 11) is -3.81. The largest absolute Gasteiger partial charge is 0.356 e. The molecule has 0 aliphatic rings. The average molecular weight is 486 g/mol. The number of amides is 1. The predicted molar refractivity (Wildman–Crippen MR) is 118 cm³/mol. The van der Waals surface area contributed by atoms with Crippen molar-refractivity contribution in [1.29, 1.82) is 0 Å². The third-order valence-corrected chi connectivity index (χ3v) is 6.21. The maximum absolute atomic E-state index is 12.7. The molecule has 0 aliphatic heterocycles. The topological polar surface area (TPSA) is 101 Å². The zero-order valence-corrected chi connectivity index (χ0v) is 17.9. The molecule has 1 heterocycles. The van der Waals surface area contributed by atoms with Gasteiger partial charge in [0.15, 0.2) is 5.58 Å². The minimum Gasteiger partial charge on any atom is -0.356 e. The van der Waals surface area contributed by atoms with E-state index < -0.39 is 10.0 Å². The molecule has 0 fully saturated rings. The van der Waals surface area contributed by atoms with E-state index in [0.29, 0.717) is 22.7 Å². The number of aromatic nitrogens is 1. The molecule has 0 saturated carbocycles. The summed E-state index contributed by atoms with van der Waals surface area (Å²) in [6, 6.07) is 20.1. The number of para-hydroxylation sites is 1. The van der Waals surface area contributed by atoms with Crippen LogP contribution in [-0.2, 0) is 21.2 Å². The van der Waals surface area contributed by atoms with Crippen LogP contribution in [0.4, 0.5) is 11.4 Å². The van der Waals surface area contributed by atoms with Gasteiger partial charge in [0.1, 0.15) is 5.69 Å². The maximum atomic E-state index is 12.7. The van der Waals surface area contributed by atoms with Crippen molar-refractivity contribution in [2.24, 2.45) is 0 Å². The van der Waals surface area contributed by atoms with Crippen molar-refractivity contribution in [3.05, 3.63) is 83.0 Å². The van der Waals surface area contributed by atoms with Crippen LogP contribution in [0.15, 0.2) is 86.7 Å². The Morgan fingerprint density at radius 2 is 1.73 bits per heavy atom. The van der Waals surface area contributed by atoms with Crippen LogP contribution < -0.4 is 10.0 Å². The van der Waals surface area contributed by atoms with Gasteiger partial charge in [-0.2, -0.15) is 0 Å². The Morgan fingerprint density at radius 1 is 0.967 bits per heavy atom. The summed E-state index contributed by atoms with van der Waals surface area (Å²) in [6.07, 6.45) is 0.00509. The highest BCUT2D eigenvalue weighted by molar-refractivity contribution is 9.10. The highest BCUT2D eigenvalue weighted by Gasteiger charge is 2.16. The normalized spacial score (nSPS) is 11.4. The lowest BCUT2D eigenvalue weighted by Gasteiger charge is -2.10. The molecule has 1 aromatic heterocycles. The minimum atomic E-state index is -3.81. The van der Waals surface area contributed by atoms with Crippen LogP contribution in [0.2, 0.25) is 0 Å². The molecule has 0 atom stereocenters. The Balaban J connectivity index is 1.48. The summed E-state index contributed by atoms with van der Waals surface area (Å²) in [6.45, 7) is 0. The molecule has 3 aromatic carbocycles. The number of carbonyl (C=O) groups excluding carboxylic acids is 1. The van der Waals surface area contributed by atoms with Gasteiger partial charge in [-0.25, -0.2) is 8.42 Å². The quantitative estimate of drug-likeness (QED) is 0.416. The van der Waals surface area contributed by atoms with E-state index in [2.05, 4.69) is 31.1 Å². The van der Waals surface area contributed by atoms with Crippen LogP contribution in [0.3, 0.4) is 0 Å². The van der Waals surface area contributed by atoms with Gasteiger partial charge in [0, 0.05) is 21.2 Å². The minimum absolute atomic E-state index is 0.00509. The highest BCUT2D eigenvalue weighted by atomic mass is 79.9. The summed E-state index contributed by atoms with van der Waals surface area (Å²) in [5, 5.41) is 7.42. The van der Waals surface area contributed by atoms with Crippen LogP contribution >= 0.6 is 15.9 Å². The summed E-state index contributed by atoms with van der Waals surface area (Å²) in [5.74, 6) is -0.329. The van der Waals surface area contributed by atoms with Gasteiger partial charge >= 0.3 is 0 Å². The Labute approximate surface area is 181 Å². The third-order valence-electron chi connectivity index (χ3n) is 4.30. The first-order chi connectivity index (χ1) is 14.4. The standard InChI is InChI=1S/C21H16BrN3O4S/c22-14-8-10-15(11-9-14)25-30(27,28)17-5-3-4-16(12-17)23-21(26)13-19-18-6-1-2-7-20(18)29-24-19/h1-12,25H,13H2,(H,23,26). The fraction of sp³-hybridized carbons (Fsp3) is 0.0476. The van der Waals surface area contributed by atoms with Gasteiger partial charge in [-0.15, -0.1) is 0 Å². The van der Waals surface area contributed by atoms with Crippen molar-refractivity contribution in [2.45, 2.75) is 11.3 Å². The number of fused-ring (bicyclic) bond motifs is 1. The van der Waals surface area contributed by atoms with Crippen molar-refractivity contribution < 1.29 is 17.7 Å². The first-order valence-corrected chi connectivity index (χ1v) is 11.2. The van der Waals surface area contributed by atoms with E-state index in [0.717, 1.165) is 9.86 Å². The number of benzene rings is 3. The van der Waals surface area contributed by atoms with E-state index in [4.69, 9.17) is 4.52 Å². The van der Waals surface area contributed by atoms with Crippen molar-refractivity contribution in [3.63, 3.8) is 0 Å². The molecule has 1 amide bonds. The lowest BCUT2D eigenvalue weighted by Crippen LogP contribution is -2.16. The zero-order chi connectivity index (χ0) is 21.1. The first-order valence-electron chi connectivity index (χ1n) is 8.92. The van der Waals surface area contributed by atoms with Crippen molar-refractivity contribution in [1.82, 2.24) is 5.16 Å². The number of hydrogen-bond donors (Lipinski definition) is 2. The number of carbonyl (C=O) groups is 1. The Bertz CT molecular complexity index is 1320. The van der Waals surface area contributed by atoms with E-state index in [1.54, 1.807) is 42.5 Å². The molecule has 4 aromatic rings. The molecule has 7 nitrogen and oxygen atoms in total. The van der Waals surface area contributed by atoms with Crippen LogP contribution in [0, 0.1) is 0 Å². The number of anilines is 2. The van der Waals surface area contributed by atoms with Gasteiger partial charge < -0.3 is 9.84 Å². The van der Waals surface area contributed by atoms with Crippen LogP contribution in [0.25, 0.3) is 11.0 Å². The molecule has 0 saturated heterocycles. The van der Waals surface area contributed by atoms with Crippen molar-refractivity contribution in [3.8, 4) is 0 Å². The van der Waals surface area contributed by atoms with Crippen LogP contribution in [-0.4, -0.2) is 19.5 Å². The molecule has 0 aliphatic carbocycles. The molecule has 9 heteroatoms. The van der Waals surface area contributed by atoms with Gasteiger partial charge in [-0.3, -0.25) is 9.52 Å². The van der Waals surface area contributed by atoms with Gasteiger partial charge in [-0.1, -0.05) is 39.3 Å². The number of halogens is 1. The summed E-state index contributed by atoms with van der Waals surface area (Å²) >= 11 is 3.31. The first kappa shape index (κ1) is 20.1. The lowest BCUT2D eigenvalue weighted by atomic mass is 10.1. The molecule has 2 N–H and O–H groups in total. The number of hydrogen-bond acceptors (Lipinski definition) is 5. The van der Waals surface area contributed by atoms with E-state index in [1.807, 2.05) is 18.2 Å². The van der Waals surface area contributed by atoms with E-state index in [9.17, 15) is 13.2 Å². The summed E-state index contributed by atoms with van der Waals surface area (Å²) in [5.41, 5.74) is 1.92. The second kappa shape index (κ2) is 8.29. The number of nitrogens with one attached hydrogen (secondary N) is 2. The predicted octanol–water partition coefficient (Wildman–Crippen LogP) is 4.57. The van der Waals surface area contributed by atoms with Crippen LogP contribution in [0.5, 0.6) is 0 Å². The second-order valence-corrected chi connectivity index (χ2v) is 9.09. The molecule has 4 rings (SSSR count). The maximum Gasteiger partial charge on any atom is 0.261 e. The molecule has 30 heavy (non-hydrogen) atoms. The zero-order valence-electron chi connectivity index (χ0n) is 15.5. The molecule has 0 bridgehead atoms. The van der Waals surface area contributed by atoms with Crippen LogP contribution in [0.1, 0.15) is 5.69 Å². The molecule has 152 valence electrons. The molecular formula is C21H16BrN3O4S. The summed E-state index contributed by atoms with van der Waals surface area (Å²) in [4.78, 5) is 12.5. The fourth-order valence-corrected chi connectivity index (χ4v) is 4.26. The molecular weight excluding hydrogens is 470 g/mol. The molecule has 0 spiro atoms. The van der Waals surface area contributed by atoms with E-state index in [-0.39, 0.29) is 17.2 Å². The summed E-state index contributed by atoms with van der Waals surface area (Å²) < 4.78 is 33.9. The highest BCUT2D eigenvalue weighted by Crippen LogP contribution is 2.22. The van der Waals surface area contributed by atoms with E-state index >= 15 is 0 Å². The lowest BCUT2D eigenvalue weighted by molar-refractivity contribution is -0.115. The van der Waals surface area contributed by atoms with Gasteiger partial charge in [0.25, 0.3) is 10.0 Å². The fourth-order valence-electron chi connectivity index (χ4n) is 2.90. The Kier molecular flexibility index (Phi) is 5.56. The van der Waals surface area contributed by atoms with Gasteiger partial charge in [-0.05, 0) is 54.6 Å². The number of rotatable bonds is 6. The van der Waals surface area contributed by atoms with Gasteiger partial charge in [0.05, 0.1) is 11.3 Å². The smallest absolute Gasteiger partial charge is 0.261 e. The van der Waals surface area contributed by atoms with Crippen molar-refractivity contribution >= 4 is 54.2 Å². The Morgan fingerprint density at radius 3 is 2.53 bits per heavy atom. The average Bonchev–Trinajstić information content (AvgIpc) is 3.13. The molecule has 0 unspecified atom stereocenters. The van der Waals surface area contributed by atoms with E-state index in [1.165, 1.54) is 12.1 Å². The van der Waals surface area contributed by atoms with Crippen molar-refractivity contribution in [2.75, 3.05) is 10.0 Å². The monoisotopic (exact) mass is 485 g/mol. The number of sulfonamides is 1. The SMILES string of the molecule is O=C(Cc1noc2ccccc12)Nc1cccc(S(=O)(=O)Nc2ccc(Br)cc2)c1. The molecule has 0 radical (unpaired) electrons.